The topological polar surface area (TPSA) is 56.3 Å². The Morgan fingerprint density at radius 1 is 1.14 bits per heavy atom. The van der Waals surface area contributed by atoms with Gasteiger partial charge in [-0.15, -0.1) is 0 Å². The van der Waals surface area contributed by atoms with Crippen molar-refractivity contribution in [2.45, 2.75) is 13.3 Å². The second kappa shape index (κ2) is 7.09. The predicted octanol–water partition coefficient (Wildman–Crippen LogP) is 4.41. The van der Waals surface area contributed by atoms with Crippen LogP contribution >= 0.6 is 31.9 Å². The normalized spacial score (nSPS) is 10.3. The van der Waals surface area contributed by atoms with Gasteiger partial charge >= 0.3 is 0 Å². The third kappa shape index (κ3) is 3.47. The standard InChI is InChI=1S/C14H15Br2N3O2/c1-4-8-13(17-2)18-7-19-14(8)21-12-6-9(15)11(20-3)5-10(12)16/h5-7H,4H2,1-3H3,(H,17,18,19). The number of anilines is 1. The minimum atomic E-state index is 0.537. The Bertz CT molecular complexity index is 650. The van der Waals surface area contributed by atoms with Crippen LogP contribution in [0.15, 0.2) is 27.4 Å². The molecule has 0 unspecified atom stereocenters. The maximum absolute atomic E-state index is 5.93. The Morgan fingerprint density at radius 3 is 2.43 bits per heavy atom. The molecule has 0 aliphatic rings. The van der Waals surface area contributed by atoms with Gasteiger partial charge in [-0.25, -0.2) is 9.97 Å². The number of hydrogen-bond donors (Lipinski definition) is 1. The number of hydrogen-bond acceptors (Lipinski definition) is 5. The zero-order valence-corrected chi connectivity index (χ0v) is 15.1. The number of nitrogens with one attached hydrogen (secondary N) is 1. The van der Waals surface area contributed by atoms with E-state index in [4.69, 9.17) is 9.47 Å². The SMILES string of the molecule is CCc1c(NC)ncnc1Oc1cc(Br)c(OC)cc1Br. The number of benzene rings is 1. The van der Waals surface area contributed by atoms with Gasteiger partial charge in [-0.3, -0.25) is 0 Å². The summed E-state index contributed by atoms with van der Waals surface area (Å²) in [5.74, 6) is 2.68. The lowest BCUT2D eigenvalue weighted by Crippen LogP contribution is -2.02. The Morgan fingerprint density at radius 2 is 1.81 bits per heavy atom. The molecule has 0 spiro atoms. The van der Waals surface area contributed by atoms with Crippen molar-refractivity contribution in [3.63, 3.8) is 0 Å². The molecule has 0 atom stereocenters. The van der Waals surface area contributed by atoms with Crippen molar-refractivity contribution in [3.8, 4) is 17.4 Å². The maximum Gasteiger partial charge on any atom is 0.227 e. The van der Waals surface area contributed by atoms with Crippen LogP contribution in [0.1, 0.15) is 12.5 Å². The lowest BCUT2D eigenvalue weighted by Gasteiger charge is -2.14. The van der Waals surface area contributed by atoms with Gasteiger partial charge in [-0.05, 0) is 50.4 Å². The fourth-order valence-corrected chi connectivity index (χ4v) is 2.75. The van der Waals surface area contributed by atoms with Gasteiger partial charge in [-0.1, -0.05) is 6.92 Å². The van der Waals surface area contributed by atoms with Crippen molar-refractivity contribution in [1.82, 2.24) is 9.97 Å². The van der Waals surface area contributed by atoms with Gasteiger partial charge in [0.05, 0.1) is 21.6 Å². The smallest absolute Gasteiger partial charge is 0.227 e. The highest BCUT2D eigenvalue weighted by Crippen LogP contribution is 2.38. The molecule has 0 aliphatic carbocycles. The summed E-state index contributed by atoms with van der Waals surface area (Å²) < 4.78 is 12.8. The van der Waals surface area contributed by atoms with Crippen molar-refractivity contribution in [1.29, 1.82) is 0 Å². The van der Waals surface area contributed by atoms with E-state index in [-0.39, 0.29) is 0 Å². The molecule has 7 heteroatoms. The molecule has 1 heterocycles. The van der Waals surface area contributed by atoms with Gasteiger partial charge in [0.2, 0.25) is 5.88 Å². The summed E-state index contributed by atoms with van der Waals surface area (Å²) in [4.78, 5) is 8.42. The van der Waals surface area contributed by atoms with Gasteiger partial charge in [-0.2, -0.15) is 0 Å². The molecule has 0 aliphatic heterocycles. The molecule has 0 amide bonds. The Hall–Kier alpha value is -1.34. The van der Waals surface area contributed by atoms with E-state index in [1.807, 2.05) is 26.1 Å². The molecule has 0 bridgehead atoms. The summed E-state index contributed by atoms with van der Waals surface area (Å²) >= 11 is 6.92. The molecule has 21 heavy (non-hydrogen) atoms. The lowest BCUT2D eigenvalue weighted by atomic mass is 10.2. The van der Waals surface area contributed by atoms with Gasteiger partial charge in [0, 0.05) is 7.05 Å². The number of aromatic nitrogens is 2. The average Bonchev–Trinajstić information content (AvgIpc) is 2.50. The zero-order valence-electron chi connectivity index (χ0n) is 11.9. The van der Waals surface area contributed by atoms with E-state index in [0.29, 0.717) is 11.6 Å². The largest absolute Gasteiger partial charge is 0.496 e. The monoisotopic (exact) mass is 415 g/mol. The first kappa shape index (κ1) is 16.0. The Labute approximate surface area is 140 Å². The second-order valence-corrected chi connectivity index (χ2v) is 5.84. The molecule has 1 aromatic heterocycles. The van der Waals surface area contributed by atoms with Crippen LogP contribution in [-0.2, 0) is 6.42 Å². The van der Waals surface area contributed by atoms with Crippen LogP contribution in [0.4, 0.5) is 5.82 Å². The summed E-state index contributed by atoms with van der Waals surface area (Å²) in [7, 11) is 3.44. The van der Waals surface area contributed by atoms with E-state index in [1.54, 1.807) is 7.11 Å². The number of methoxy groups -OCH3 is 1. The molecule has 0 radical (unpaired) electrons. The minimum Gasteiger partial charge on any atom is -0.496 e. The minimum absolute atomic E-state index is 0.537. The Kier molecular flexibility index (Phi) is 5.41. The number of nitrogens with zero attached hydrogens (tertiary/aromatic N) is 2. The van der Waals surface area contributed by atoms with Gasteiger partial charge < -0.3 is 14.8 Å². The van der Waals surface area contributed by atoms with E-state index in [2.05, 4.69) is 47.1 Å². The van der Waals surface area contributed by atoms with Crippen LogP contribution in [0, 0.1) is 0 Å². The summed E-state index contributed by atoms with van der Waals surface area (Å²) in [6.07, 6.45) is 2.24. The summed E-state index contributed by atoms with van der Waals surface area (Å²) in [6, 6.07) is 3.68. The summed E-state index contributed by atoms with van der Waals surface area (Å²) in [5, 5.41) is 3.04. The van der Waals surface area contributed by atoms with Crippen LogP contribution in [0.5, 0.6) is 17.4 Å². The quantitative estimate of drug-likeness (QED) is 0.782. The summed E-state index contributed by atoms with van der Waals surface area (Å²) in [5.41, 5.74) is 0.929. The molecule has 0 fully saturated rings. The van der Waals surface area contributed by atoms with E-state index in [1.165, 1.54) is 6.33 Å². The summed E-state index contributed by atoms with van der Waals surface area (Å²) in [6.45, 7) is 2.03. The van der Waals surface area contributed by atoms with Crippen LogP contribution in [0.2, 0.25) is 0 Å². The molecule has 2 aromatic rings. The highest BCUT2D eigenvalue weighted by Gasteiger charge is 2.14. The van der Waals surface area contributed by atoms with Gasteiger partial charge in [0.25, 0.3) is 0 Å². The Balaban J connectivity index is 2.41. The van der Waals surface area contributed by atoms with E-state index < -0.39 is 0 Å². The van der Waals surface area contributed by atoms with Crippen LogP contribution in [-0.4, -0.2) is 24.1 Å². The highest BCUT2D eigenvalue weighted by molar-refractivity contribution is 9.11. The fraction of sp³-hybridized carbons (Fsp3) is 0.286. The van der Waals surface area contributed by atoms with Crippen molar-refractivity contribution < 1.29 is 9.47 Å². The fourth-order valence-electron chi connectivity index (χ4n) is 1.87. The third-order valence-electron chi connectivity index (χ3n) is 2.91. The highest BCUT2D eigenvalue weighted by atomic mass is 79.9. The maximum atomic E-state index is 5.93. The first-order valence-electron chi connectivity index (χ1n) is 6.33. The average molecular weight is 417 g/mol. The van der Waals surface area contributed by atoms with Crippen LogP contribution in [0.3, 0.4) is 0 Å². The van der Waals surface area contributed by atoms with Crippen LogP contribution < -0.4 is 14.8 Å². The molecule has 112 valence electrons. The molecular formula is C14H15Br2N3O2. The third-order valence-corrected chi connectivity index (χ3v) is 4.15. The lowest BCUT2D eigenvalue weighted by molar-refractivity contribution is 0.408. The van der Waals surface area contributed by atoms with E-state index >= 15 is 0 Å². The number of rotatable bonds is 5. The first-order valence-corrected chi connectivity index (χ1v) is 7.91. The van der Waals surface area contributed by atoms with Crippen LogP contribution in [0.25, 0.3) is 0 Å². The van der Waals surface area contributed by atoms with Gasteiger partial charge in [0.1, 0.15) is 23.6 Å². The molecule has 1 N–H and O–H groups in total. The molecule has 1 aromatic carbocycles. The molecule has 2 rings (SSSR count). The van der Waals surface area contributed by atoms with Gasteiger partial charge in [0.15, 0.2) is 0 Å². The number of ether oxygens (including phenoxy) is 2. The van der Waals surface area contributed by atoms with E-state index in [9.17, 15) is 0 Å². The second-order valence-electron chi connectivity index (χ2n) is 4.13. The number of halogens is 2. The van der Waals surface area contributed by atoms with Crippen molar-refractivity contribution >= 4 is 37.7 Å². The molecular weight excluding hydrogens is 402 g/mol. The first-order chi connectivity index (χ1) is 10.1. The zero-order chi connectivity index (χ0) is 15.4. The van der Waals surface area contributed by atoms with E-state index in [0.717, 1.165) is 32.5 Å². The van der Waals surface area contributed by atoms with Crippen molar-refractivity contribution in [2.24, 2.45) is 0 Å². The van der Waals surface area contributed by atoms with Crippen molar-refractivity contribution in [3.05, 3.63) is 33.0 Å². The molecule has 0 saturated heterocycles. The van der Waals surface area contributed by atoms with Crippen molar-refractivity contribution in [2.75, 3.05) is 19.5 Å². The molecule has 5 nitrogen and oxygen atoms in total. The molecule has 0 saturated carbocycles. The predicted molar refractivity (Wildman–Crippen MR) is 89.4 cm³/mol.